The molecular formula is C11H19Cl2NO2S. The van der Waals surface area contributed by atoms with E-state index < -0.39 is 21.1 Å². The van der Waals surface area contributed by atoms with Gasteiger partial charge in [-0.2, -0.15) is 0 Å². The topological polar surface area (TPSA) is 37.4 Å². The van der Waals surface area contributed by atoms with Crippen LogP contribution in [0.1, 0.15) is 45.4 Å². The molecule has 1 aliphatic rings. The number of carbonyl (C=O) groups is 1. The fraction of sp³-hybridized carbons (Fsp3) is 0.909. The normalized spacial score (nSPS) is 29.0. The fourth-order valence-corrected chi connectivity index (χ4v) is 3.80. The van der Waals surface area contributed by atoms with Crippen LogP contribution in [0, 0.1) is 0 Å². The summed E-state index contributed by atoms with van der Waals surface area (Å²) in [6.07, 6.45) is 6.79. The molecule has 1 saturated heterocycles. The smallest absolute Gasteiger partial charge is 0.254 e. The van der Waals surface area contributed by atoms with Gasteiger partial charge in [0.25, 0.3) is 5.91 Å². The van der Waals surface area contributed by atoms with E-state index in [1.54, 1.807) is 0 Å². The third-order valence-corrected chi connectivity index (χ3v) is 5.72. The standard InChI is InChI=1S/C11H19Cl2NO2S/c1-2-3-4-5-6-7-8-14-11(15)9(12)10(13)17(14)16/h9-10H,2-8H2,1H3. The minimum atomic E-state index is -1.46. The number of halogens is 2. The van der Waals surface area contributed by atoms with E-state index in [1.807, 2.05) is 0 Å². The zero-order valence-corrected chi connectivity index (χ0v) is 12.4. The fourth-order valence-electron chi connectivity index (χ4n) is 1.80. The van der Waals surface area contributed by atoms with Gasteiger partial charge in [0.05, 0.1) is 0 Å². The molecule has 0 N–H and O–H groups in total. The Kier molecular flexibility index (Phi) is 6.82. The summed E-state index contributed by atoms with van der Waals surface area (Å²) >= 11 is 11.6. The SMILES string of the molecule is CCCCCCCCN1C(=O)C(Cl)C(Cl)S1=O. The van der Waals surface area contributed by atoms with Gasteiger partial charge in [0.15, 0.2) is 4.71 Å². The quantitative estimate of drug-likeness (QED) is 0.535. The summed E-state index contributed by atoms with van der Waals surface area (Å²) < 4.78 is 12.2. The van der Waals surface area contributed by atoms with Crippen LogP contribution in [0.3, 0.4) is 0 Å². The molecular weight excluding hydrogens is 281 g/mol. The Morgan fingerprint density at radius 3 is 2.29 bits per heavy atom. The first-order valence-electron chi connectivity index (χ1n) is 6.09. The van der Waals surface area contributed by atoms with Crippen LogP contribution >= 0.6 is 23.2 Å². The Hall–Kier alpha value is 0.200. The molecule has 0 aromatic heterocycles. The molecule has 0 radical (unpaired) electrons. The van der Waals surface area contributed by atoms with Crippen LogP contribution in [0.25, 0.3) is 0 Å². The molecule has 1 fully saturated rings. The first-order chi connectivity index (χ1) is 8.09. The Morgan fingerprint density at radius 2 is 1.76 bits per heavy atom. The van der Waals surface area contributed by atoms with E-state index in [2.05, 4.69) is 6.92 Å². The van der Waals surface area contributed by atoms with Crippen molar-refractivity contribution in [1.29, 1.82) is 0 Å². The summed E-state index contributed by atoms with van der Waals surface area (Å²) in [6, 6.07) is 0. The molecule has 6 heteroatoms. The molecule has 0 saturated carbocycles. The maximum Gasteiger partial charge on any atom is 0.254 e. The van der Waals surface area contributed by atoms with Gasteiger partial charge in [-0.1, -0.05) is 39.0 Å². The van der Waals surface area contributed by atoms with E-state index in [4.69, 9.17) is 23.2 Å². The molecule has 100 valence electrons. The van der Waals surface area contributed by atoms with Crippen molar-refractivity contribution in [3.63, 3.8) is 0 Å². The molecule has 1 heterocycles. The Balaban J connectivity index is 2.23. The average molecular weight is 300 g/mol. The van der Waals surface area contributed by atoms with Gasteiger partial charge in [-0.25, -0.2) is 4.21 Å². The molecule has 0 bridgehead atoms. The highest BCUT2D eigenvalue weighted by molar-refractivity contribution is 7.86. The number of rotatable bonds is 7. The molecule has 3 atom stereocenters. The zero-order chi connectivity index (χ0) is 12.8. The largest absolute Gasteiger partial charge is 0.272 e. The Morgan fingerprint density at radius 1 is 1.18 bits per heavy atom. The van der Waals surface area contributed by atoms with Gasteiger partial charge >= 0.3 is 0 Å². The third-order valence-electron chi connectivity index (χ3n) is 2.84. The molecule has 0 aliphatic carbocycles. The van der Waals surface area contributed by atoms with E-state index in [9.17, 15) is 9.00 Å². The predicted molar refractivity (Wildman–Crippen MR) is 72.5 cm³/mol. The molecule has 1 aliphatic heterocycles. The summed E-state index contributed by atoms with van der Waals surface area (Å²) in [5.41, 5.74) is 0. The molecule has 0 spiro atoms. The van der Waals surface area contributed by atoms with Gasteiger partial charge in [0.2, 0.25) is 0 Å². The van der Waals surface area contributed by atoms with E-state index in [1.165, 1.54) is 23.6 Å². The highest BCUT2D eigenvalue weighted by atomic mass is 35.5. The van der Waals surface area contributed by atoms with Crippen LogP contribution < -0.4 is 0 Å². The molecule has 0 aromatic rings. The number of carbonyl (C=O) groups excluding carboxylic acids is 1. The summed E-state index contributed by atoms with van der Waals surface area (Å²) in [7, 11) is -1.46. The second-order valence-corrected chi connectivity index (χ2v) is 6.94. The molecule has 0 aromatic carbocycles. The van der Waals surface area contributed by atoms with Crippen LogP contribution in [-0.2, 0) is 15.8 Å². The monoisotopic (exact) mass is 299 g/mol. The van der Waals surface area contributed by atoms with Crippen LogP contribution in [0.2, 0.25) is 0 Å². The van der Waals surface area contributed by atoms with Crippen molar-refractivity contribution >= 4 is 40.1 Å². The van der Waals surface area contributed by atoms with Gasteiger partial charge in [-0.05, 0) is 6.42 Å². The first kappa shape index (κ1) is 15.3. The van der Waals surface area contributed by atoms with Crippen molar-refractivity contribution in [1.82, 2.24) is 4.31 Å². The molecule has 1 rings (SSSR count). The number of amides is 1. The predicted octanol–water partition coefficient (Wildman–Crippen LogP) is 3.03. The highest BCUT2D eigenvalue weighted by Gasteiger charge is 2.44. The van der Waals surface area contributed by atoms with Crippen molar-refractivity contribution in [2.24, 2.45) is 0 Å². The maximum atomic E-state index is 11.7. The van der Waals surface area contributed by atoms with Gasteiger partial charge in [0.1, 0.15) is 16.4 Å². The zero-order valence-electron chi connectivity index (χ0n) is 10.0. The number of nitrogens with zero attached hydrogens (tertiary/aromatic N) is 1. The minimum Gasteiger partial charge on any atom is -0.272 e. The molecule has 3 nitrogen and oxygen atoms in total. The van der Waals surface area contributed by atoms with Gasteiger partial charge in [0, 0.05) is 6.54 Å². The molecule has 3 unspecified atom stereocenters. The number of hydrogen-bond donors (Lipinski definition) is 0. The summed E-state index contributed by atoms with van der Waals surface area (Å²) in [4.78, 5) is 11.6. The van der Waals surface area contributed by atoms with Crippen molar-refractivity contribution in [2.45, 2.75) is 55.5 Å². The van der Waals surface area contributed by atoms with Crippen LogP contribution in [0.4, 0.5) is 0 Å². The van der Waals surface area contributed by atoms with E-state index in [0.29, 0.717) is 6.54 Å². The lowest BCUT2D eigenvalue weighted by atomic mass is 10.1. The van der Waals surface area contributed by atoms with Crippen molar-refractivity contribution in [3.8, 4) is 0 Å². The van der Waals surface area contributed by atoms with Crippen molar-refractivity contribution in [2.75, 3.05) is 6.54 Å². The van der Waals surface area contributed by atoms with E-state index in [0.717, 1.165) is 19.3 Å². The van der Waals surface area contributed by atoms with Gasteiger partial charge in [-0.15, -0.1) is 23.2 Å². The minimum absolute atomic E-state index is 0.293. The summed E-state index contributed by atoms with van der Waals surface area (Å²) in [6.45, 7) is 2.68. The van der Waals surface area contributed by atoms with Crippen molar-refractivity contribution < 1.29 is 9.00 Å². The van der Waals surface area contributed by atoms with Crippen LogP contribution in [0.15, 0.2) is 0 Å². The molecule has 1 amide bonds. The maximum absolute atomic E-state index is 11.7. The average Bonchev–Trinajstić information content (AvgIpc) is 2.50. The number of hydrogen-bond acceptors (Lipinski definition) is 2. The van der Waals surface area contributed by atoms with E-state index >= 15 is 0 Å². The van der Waals surface area contributed by atoms with Gasteiger partial charge < -0.3 is 0 Å². The van der Waals surface area contributed by atoms with Crippen LogP contribution in [0.5, 0.6) is 0 Å². The second kappa shape index (κ2) is 7.59. The lowest BCUT2D eigenvalue weighted by molar-refractivity contribution is -0.124. The van der Waals surface area contributed by atoms with Gasteiger partial charge in [-0.3, -0.25) is 9.10 Å². The lowest BCUT2D eigenvalue weighted by Crippen LogP contribution is -2.29. The molecule has 17 heavy (non-hydrogen) atoms. The third kappa shape index (κ3) is 4.11. The lowest BCUT2D eigenvalue weighted by Gasteiger charge is -2.13. The highest BCUT2D eigenvalue weighted by Crippen LogP contribution is 2.27. The second-order valence-electron chi connectivity index (χ2n) is 4.24. The Labute approximate surface area is 115 Å². The number of alkyl halides is 2. The van der Waals surface area contributed by atoms with E-state index in [-0.39, 0.29) is 5.91 Å². The van der Waals surface area contributed by atoms with Crippen molar-refractivity contribution in [3.05, 3.63) is 0 Å². The summed E-state index contributed by atoms with van der Waals surface area (Å²) in [5, 5.41) is -0.836. The Bertz CT molecular complexity index is 269. The first-order valence-corrected chi connectivity index (χ1v) is 8.14. The number of unbranched alkanes of at least 4 members (excludes halogenated alkanes) is 5. The summed E-state index contributed by atoms with van der Waals surface area (Å²) in [5.74, 6) is -0.293. The van der Waals surface area contributed by atoms with Crippen LogP contribution in [-0.4, -0.2) is 31.1 Å².